The maximum absolute atomic E-state index is 5.92. The highest BCUT2D eigenvalue weighted by atomic mass is 28.4. The van der Waals surface area contributed by atoms with Gasteiger partial charge in [0.15, 0.2) is 0 Å². The third-order valence-electron chi connectivity index (χ3n) is 2.44. The van der Waals surface area contributed by atoms with Crippen molar-refractivity contribution in [2.24, 2.45) is 0 Å². The number of rotatable bonds is 4. The van der Waals surface area contributed by atoms with Crippen LogP contribution in [0, 0.1) is 0 Å². The van der Waals surface area contributed by atoms with E-state index in [2.05, 4.69) is 0 Å². The van der Waals surface area contributed by atoms with Gasteiger partial charge in [0.25, 0.3) is 0 Å². The Labute approximate surface area is 114 Å². The fourth-order valence-electron chi connectivity index (χ4n) is 1.74. The minimum atomic E-state index is -2.34. The summed E-state index contributed by atoms with van der Waals surface area (Å²) < 4.78 is 11.8. The lowest BCUT2D eigenvalue weighted by Crippen LogP contribution is -2.41. The van der Waals surface area contributed by atoms with E-state index in [1.165, 1.54) is 0 Å². The predicted molar refractivity (Wildman–Crippen MR) is 80.4 cm³/mol. The van der Waals surface area contributed by atoms with Crippen LogP contribution in [0.25, 0.3) is 0 Å². The van der Waals surface area contributed by atoms with Crippen molar-refractivity contribution in [3.05, 3.63) is 48.5 Å². The topological polar surface area (TPSA) is 70.5 Å². The Bertz CT molecular complexity index is 523. The Morgan fingerprint density at radius 3 is 1.58 bits per heavy atom. The lowest BCUT2D eigenvalue weighted by molar-refractivity contribution is 0.400. The summed E-state index contributed by atoms with van der Waals surface area (Å²) in [7, 11) is -2.34. The van der Waals surface area contributed by atoms with Crippen LogP contribution in [0.3, 0.4) is 0 Å². The van der Waals surface area contributed by atoms with E-state index in [0.29, 0.717) is 11.4 Å². The fraction of sp³-hybridized carbons (Fsp3) is 0.143. The van der Waals surface area contributed by atoms with Crippen molar-refractivity contribution in [2.75, 3.05) is 11.5 Å². The van der Waals surface area contributed by atoms with Crippen LogP contribution in [0.2, 0.25) is 13.1 Å². The largest absolute Gasteiger partial charge is 0.512 e. The maximum atomic E-state index is 5.92. The van der Waals surface area contributed by atoms with Gasteiger partial charge in [-0.05, 0) is 24.3 Å². The number of anilines is 2. The highest BCUT2D eigenvalue weighted by molar-refractivity contribution is 6.66. The van der Waals surface area contributed by atoms with Crippen LogP contribution in [0.5, 0.6) is 11.5 Å². The van der Waals surface area contributed by atoms with Crippen LogP contribution in [-0.4, -0.2) is 8.56 Å². The van der Waals surface area contributed by atoms with Crippen LogP contribution >= 0.6 is 0 Å². The molecule has 0 atom stereocenters. The highest BCUT2D eigenvalue weighted by Gasteiger charge is 2.29. The predicted octanol–water partition coefficient (Wildman–Crippen LogP) is 3.01. The average Bonchev–Trinajstić information content (AvgIpc) is 2.27. The molecule has 0 aliphatic heterocycles. The SMILES string of the molecule is C[Si](C)(Oc1cccc(N)c1)Oc1cccc(N)c1. The summed E-state index contributed by atoms with van der Waals surface area (Å²) in [6.45, 7) is 3.94. The van der Waals surface area contributed by atoms with E-state index in [4.69, 9.17) is 20.3 Å². The van der Waals surface area contributed by atoms with Gasteiger partial charge in [0.1, 0.15) is 11.5 Å². The zero-order chi connectivity index (χ0) is 13.9. The molecule has 4 N–H and O–H groups in total. The van der Waals surface area contributed by atoms with Crippen LogP contribution in [0.4, 0.5) is 11.4 Å². The van der Waals surface area contributed by atoms with Crippen molar-refractivity contribution in [3.8, 4) is 11.5 Å². The van der Waals surface area contributed by atoms with E-state index < -0.39 is 8.56 Å². The summed E-state index contributed by atoms with van der Waals surface area (Å²) >= 11 is 0. The molecule has 2 aromatic carbocycles. The van der Waals surface area contributed by atoms with Gasteiger partial charge >= 0.3 is 8.56 Å². The standard InChI is InChI=1S/C14H18N2O2Si/c1-19(2,17-13-7-3-5-11(15)9-13)18-14-8-4-6-12(16)10-14/h3-10H,15-16H2,1-2H3. The molecule has 2 aromatic rings. The number of hydrogen-bond donors (Lipinski definition) is 2. The zero-order valence-corrected chi connectivity index (χ0v) is 12.1. The molecular weight excluding hydrogens is 256 g/mol. The molecule has 0 unspecified atom stereocenters. The van der Waals surface area contributed by atoms with E-state index in [1.54, 1.807) is 12.1 Å². The first-order chi connectivity index (χ1) is 8.94. The first-order valence-electron chi connectivity index (χ1n) is 6.04. The number of benzene rings is 2. The number of nitrogen functional groups attached to an aromatic ring is 2. The maximum Gasteiger partial charge on any atom is 0.454 e. The van der Waals surface area contributed by atoms with E-state index in [9.17, 15) is 0 Å². The molecule has 5 heteroatoms. The molecule has 0 amide bonds. The quantitative estimate of drug-likeness (QED) is 0.664. The number of nitrogens with two attached hydrogens (primary N) is 2. The summed E-state index contributed by atoms with van der Waals surface area (Å²) in [5.74, 6) is 1.45. The number of hydrogen-bond acceptors (Lipinski definition) is 4. The normalized spacial score (nSPS) is 11.1. The molecule has 0 aliphatic rings. The highest BCUT2D eigenvalue weighted by Crippen LogP contribution is 2.23. The summed E-state index contributed by atoms with van der Waals surface area (Å²) in [5, 5.41) is 0. The zero-order valence-electron chi connectivity index (χ0n) is 11.1. The van der Waals surface area contributed by atoms with Gasteiger partial charge in [0.05, 0.1) is 0 Å². The molecule has 19 heavy (non-hydrogen) atoms. The monoisotopic (exact) mass is 274 g/mol. The van der Waals surface area contributed by atoms with Crippen LogP contribution in [0.1, 0.15) is 0 Å². The van der Waals surface area contributed by atoms with Crippen molar-refractivity contribution in [3.63, 3.8) is 0 Å². The minimum Gasteiger partial charge on any atom is -0.512 e. The van der Waals surface area contributed by atoms with E-state index in [1.807, 2.05) is 49.5 Å². The Balaban J connectivity index is 2.10. The van der Waals surface area contributed by atoms with Crippen LogP contribution in [-0.2, 0) is 0 Å². The molecule has 0 aromatic heterocycles. The third kappa shape index (κ3) is 3.92. The molecule has 2 rings (SSSR count). The van der Waals surface area contributed by atoms with E-state index in [0.717, 1.165) is 11.5 Å². The Morgan fingerprint density at radius 1 is 0.789 bits per heavy atom. The molecule has 4 nitrogen and oxygen atoms in total. The summed E-state index contributed by atoms with van der Waals surface area (Å²) in [6, 6.07) is 14.7. The van der Waals surface area contributed by atoms with Gasteiger partial charge in [-0.2, -0.15) is 0 Å². The second kappa shape index (κ2) is 5.24. The molecular formula is C14H18N2O2Si. The third-order valence-corrected chi connectivity index (χ3v) is 3.90. The van der Waals surface area contributed by atoms with Gasteiger partial charge in [-0.1, -0.05) is 12.1 Å². The summed E-state index contributed by atoms with van der Waals surface area (Å²) in [5.41, 5.74) is 12.8. The van der Waals surface area contributed by atoms with Crippen molar-refractivity contribution >= 4 is 19.9 Å². The van der Waals surface area contributed by atoms with Crippen molar-refractivity contribution in [1.82, 2.24) is 0 Å². The molecule has 0 spiro atoms. The smallest absolute Gasteiger partial charge is 0.454 e. The van der Waals surface area contributed by atoms with Crippen molar-refractivity contribution < 1.29 is 8.85 Å². The fourth-order valence-corrected chi connectivity index (χ4v) is 3.18. The van der Waals surface area contributed by atoms with E-state index >= 15 is 0 Å². The van der Waals surface area contributed by atoms with Gasteiger partial charge in [-0.15, -0.1) is 0 Å². The van der Waals surface area contributed by atoms with Crippen LogP contribution < -0.4 is 20.3 Å². The van der Waals surface area contributed by atoms with Crippen molar-refractivity contribution in [1.29, 1.82) is 0 Å². The average molecular weight is 274 g/mol. The van der Waals surface area contributed by atoms with Gasteiger partial charge in [-0.3, -0.25) is 0 Å². The molecule has 0 aliphatic carbocycles. The molecule has 0 fully saturated rings. The molecule has 100 valence electrons. The second-order valence-electron chi connectivity index (χ2n) is 4.75. The first kappa shape index (κ1) is 13.3. The van der Waals surface area contributed by atoms with Crippen molar-refractivity contribution in [2.45, 2.75) is 13.1 Å². The molecule has 0 bridgehead atoms. The van der Waals surface area contributed by atoms with E-state index in [-0.39, 0.29) is 0 Å². The summed E-state index contributed by atoms with van der Waals surface area (Å²) in [4.78, 5) is 0. The van der Waals surface area contributed by atoms with Crippen LogP contribution in [0.15, 0.2) is 48.5 Å². The molecule has 0 heterocycles. The van der Waals surface area contributed by atoms with Gasteiger partial charge in [-0.25, -0.2) is 0 Å². The Morgan fingerprint density at radius 2 is 1.21 bits per heavy atom. The second-order valence-corrected chi connectivity index (χ2v) is 7.96. The Hall–Kier alpha value is -2.14. The molecule has 0 saturated heterocycles. The van der Waals surface area contributed by atoms with Gasteiger partial charge in [0, 0.05) is 36.6 Å². The lowest BCUT2D eigenvalue weighted by atomic mass is 10.3. The van der Waals surface area contributed by atoms with Gasteiger partial charge in [0.2, 0.25) is 0 Å². The lowest BCUT2D eigenvalue weighted by Gasteiger charge is -2.25. The summed E-state index contributed by atoms with van der Waals surface area (Å²) in [6.07, 6.45) is 0. The molecule has 0 radical (unpaired) electrons. The van der Waals surface area contributed by atoms with Gasteiger partial charge < -0.3 is 20.3 Å². The first-order valence-corrected chi connectivity index (χ1v) is 8.85. The minimum absolute atomic E-state index is 0.672. The Kier molecular flexibility index (Phi) is 3.66. The molecule has 0 saturated carbocycles.